The van der Waals surface area contributed by atoms with Crippen LogP contribution in [0.1, 0.15) is 11.1 Å². The van der Waals surface area contributed by atoms with Crippen LogP contribution in [0.25, 0.3) is 0 Å². The van der Waals surface area contributed by atoms with Crippen molar-refractivity contribution >= 4 is 6.47 Å². The van der Waals surface area contributed by atoms with Crippen molar-refractivity contribution in [2.24, 2.45) is 0 Å². The Bertz CT molecular complexity index is 320. The predicted molar refractivity (Wildman–Crippen MR) is 41.9 cm³/mol. The van der Waals surface area contributed by atoms with Gasteiger partial charge in [-0.25, -0.2) is 4.79 Å². The Hall–Kier alpha value is -1.52. The van der Waals surface area contributed by atoms with Crippen LogP contribution in [0.2, 0.25) is 0 Å². The summed E-state index contributed by atoms with van der Waals surface area (Å²) in [6.45, 7) is 0.942. The number of hydrogen-bond donors (Lipinski definition) is 0. The molecule has 0 saturated heterocycles. The Kier molecular flexibility index (Phi) is 3.11. The first-order valence-corrected chi connectivity index (χ1v) is 3.69. The maximum atomic E-state index is 12.2. The maximum Gasteiger partial charge on any atom is 0.417 e. The number of rotatable bonds is 3. The van der Waals surface area contributed by atoms with Gasteiger partial charge in [0.1, 0.15) is 6.61 Å². The monoisotopic (exact) mass is 203 g/mol. The van der Waals surface area contributed by atoms with Crippen molar-refractivity contribution in [1.29, 1.82) is 0 Å². The smallest absolute Gasteiger partial charge is 0.417 e. The fourth-order valence-corrected chi connectivity index (χ4v) is 0.950. The van der Waals surface area contributed by atoms with Gasteiger partial charge in [-0.05, 0) is 17.7 Å². The van der Waals surface area contributed by atoms with Crippen LogP contribution < -0.4 is 0 Å². The maximum absolute atomic E-state index is 12.2. The normalized spacial score (nSPS) is 11.1. The Labute approximate surface area is 78.3 Å². The van der Waals surface area contributed by atoms with Crippen molar-refractivity contribution in [3.05, 3.63) is 35.4 Å². The van der Waals surface area contributed by atoms with Gasteiger partial charge in [-0.15, -0.1) is 0 Å². The minimum absolute atomic E-state index is 0.201. The van der Waals surface area contributed by atoms with Gasteiger partial charge in [0.25, 0.3) is 0 Å². The van der Waals surface area contributed by atoms with Gasteiger partial charge in [-0.1, -0.05) is 12.1 Å². The summed E-state index contributed by atoms with van der Waals surface area (Å²) < 4.78 is 40.7. The van der Waals surface area contributed by atoms with E-state index >= 15 is 0 Å². The topological polar surface area (TPSA) is 26.3 Å². The molecule has 0 aliphatic heterocycles. The minimum atomic E-state index is -4.37. The third-order valence-corrected chi connectivity index (χ3v) is 1.55. The summed E-state index contributed by atoms with van der Waals surface area (Å²) in [7, 11) is 0. The molecular weight excluding hydrogens is 197 g/mol. The molecule has 0 saturated carbocycles. The fraction of sp³-hybridized carbons (Fsp3) is 0.222. The summed E-state index contributed by atoms with van der Waals surface area (Å²) in [5.41, 5.74) is -0.479. The minimum Gasteiger partial charge on any atom is -0.452 e. The lowest BCUT2D eigenvalue weighted by molar-refractivity contribution is -0.137. The standard InChI is InChI=1S/C9H6F3O2/c10-9(11,12)8-3-1-2-7(4-8)5-14-6-13/h1-4H,5H2. The van der Waals surface area contributed by atoms with E-state index in [1.54, 1.807) is 0 Å². The molecule has 1 aromatic carbocycles. The number of benzene rings is 1. The van der Waals surface area contributed by atoms with E-state index in [4.69, 9.17) is 0 Å². The van der Waals surface area contributed by atoms with Crippen LogP contribution >= 0.6 is 0 Å². The Morgan fingerprint density at radius 3 is 2.64 bits per heavy atom. The van der Waals surface area contributed by atoms with Gasteiger partial charge >= 0.3 is 12.6 Å². The molecule has 1 aromatic rings. The highest BCUT2D eigenvalue weighted by atomic mass is 19.4. The first kappa shape index (κ1) is 10.6. The molecule has 0 atom stereocenters. The van der Waals surface area contributed by atoms with Gasteiger partial charge in [0.2, 0.25) is 0 Å². The lowest BCUT2D eigenvalue weighted by Gasteiger charge is -2.07. The van der Waals surface area contributed by atoms with E-state index in [9.17, 15) is 18.0 Å². The largest absolute Gasteiger partial charge is 0.452 e. The van der Waals surface area contributed by atoms with E-state index in [1.165, 1.54) is 12.1 Å². The van der Waals surface area contributed by atoms with Crippen LogP contribution in [0.15, 0.2) is 24.3 Å². The number of carbonyl (C=O) groups excluding carboxylic acids is 1. The third-order valence-electron chi connectivity index (χ3n) is 1.55. The predicted octanol–water partition coefficient (Wildman–Crippen LogP) is 2.29. The molecule has 0 aromatic heterocycles. The molecule has 0 aliphatic rings. The second kappa shape index (κ2) is 4.13. The zero-order chi connectivity index (χ0) is 10.6. The summed E-state index contributed by atoms with van der Waals surface area (Å²) in [5.74, 6) is 0. The summed E-state index contributed by atoms with van der Waals surface area (Å²) >= 11 is 0. The molecule has 0 spiro atoms. The number of ether oxygens (including phenoxy) is 1. The van der Waals surface area contributed by atoms with Gasteiger partial charge in [-0.2, -0.15) is 13.2 Å². The van der Waals surface area contributed by atoms with Crippen LogP contribution in [0.4, 0.5) is 13.2 Å². The summed E-state index contributed by atoms with van der Waals surface area (Å²) in [6.07, 6.45) is -4.37. The second-order valence-corrected chi connectivity index (χ2v) is 2.57. The molecule has 0 fully saturated rings. The SMILES string of the molecule is O=[C]OCc1cccc(C(F)(F)F)c1. The van der Waals surface area contributed by atoms with Crippen molar-refractivity contribution in [1.82, 2.24) is 0 Å². The molecule has 2 nitrogen and oxygen atoms in total. The Morgan fingerprint density at radius 1 is 1.36 bits per heavy atom. The summed E-state index contributed by atoms with van der Waals surface area (Å²) in [5, 5.41) is 0. The average molecular weight is 203 g/mol. The van der Waals surface area contributed by atoms with Gasteiger partial charge < -0.3 is 4.74 Å². The molecule has 75 valence electrons. The van der Waals surface area contributed by atoms with Gasteiger partial charge in [0.05, 0.1) is 5.56 Å². The second-order valence-electron chi connectivity index (χ2n) is 2.57. The van der Waals surface area contributed by atoms with Crippen LogP contribution in [0.5, 0.6) is 0 Å². The van der Waals surface area contributed by atoms with Crippen LogP contribution in [-0.2, 0) is 22.3 Å². The van der Waals surface area contributed by atoms with Crippen LogP contribution in [0.3, 0.4) is 0 Å². The highest BCUT2D eigenvalue weighted by Gasteiger charge is 2.30. The molecule has 14 heavy (non-hydrogen) atoms. The third kappa shape index (κ3) is 2.76. The van der Waals surface area contributed by atoms with Gasteiger partial charge in [0.15, 0.2) is 0 Å². The quantitative estimate of drug-likeness (QED) is 0.753. The van der Waals surface area contributed by atoms with E-state index in [-0.39, 0.29) is 12.2 Å². The average Bonchev–Trinajstić information content (AvgIpc) is 2.14. The van der Waals surface area contributed by atoms with Crippen molar-refractivity contribution in [3.8, 4) is 0 Å². The molecule has 1 rings (SSSR count). The zero-order valence-electron chi connectivity index (χ0n) is 6.97. The van der Waals surface area contributed by atoms with Crippen molar-refractivity contribution < 1.29 is 22.7 Å². The van der Waals surface area contributed by atoms with E-state index in [1.807, 2.05) is 0 Å². The number of hydrogen-bond acceptors (Lipinski definition) is 2. The molecule has 5 heteroatoms. The Balaban J connectivity index is 2.84. The lowest BCUT2D eigenvalue weighted by atomic mass is 10.1. The molecule has 0 N–H and O–H groups in total. The lowest BCUT2D eigenvalue weighted by Crippen LogP contribution is -2.05. The van der Waals surface area contributed by atoms with Crippen molar-refractivity contribution in [2.45, 2.75) is 12.8 Å². The van der Waals surface area contributed by atoms with Gasteiger partial charge in [-0.3, -0.25) is 0 Å². The molecule has 0 bridgehead atoms. The van der Waals surface area contributed by atoms with E-state index in [0.717, 1.165) is 18.6 Å². The van der Waals surface area contributed by atoms with Gasteiger partial charge in [0, 0.05) is 0 Å². The molecule has 0 heterocycles. The highest BCUT2D eigenvalue weighted by molar-refractivity contribution is 5.38. The van der Waals surface area contributed by atoms with Crippen LogP contribution in [-0.4, -0.2) is 6.47 Å². The summed E-state index contributed by atoms with van der Waals surface area (Å²) in [6, 6.07) is 4.57. The fourth-order valence-electron chi connectivity index (χ4n) is 0.950. The number of halogens is 3. The van der Waals surface area contributed by atoms with E-state index < -0.39 is 11.7 Å². The first-order chi connectivity index (χ1) is 6.54. The summed E-state index contributed by atoms with van der Waals surface area (Å²) in [4.78, 5) is 9.69. The first-order valence-electron chi connectivity index (χ1n) is 3.69. The highest BCUT2D eigenvalue weighted by Crippen LogP contribution is 2.29. The zero-order valence-corrected chi connectivity index (χ0v) is 6.97. The number of alkyl halides is 3. The molecule has 0 unspecified atom stereocenters. The van der Waals surface area contributed by atoms with E-state index in [0.29, 0.717) is 0 Å². The van der Waals surface area contributed by atoms with Crippen molar-refractivity contribution in [3.63, 3.8) is 0 Å². The molecular formula is C9H6F3O2. The Morgan fingerprint density at radius 2 is 2.07 bits per heavy atom. The van der Waals surface area contributed by atoms with Crippen LogP contribution in [0, 0.1) is 0 Å². The molecule has 1 radical (unpaired) electrons. The van der Waals surface area contributed by atoms with Crippen molar-refractivity contribution in [2.75, 3.05) is 0 Å². The molecule has 0 aliphatic carbocycles. The molecule has 0 amide bonds. The van der Waals surface area contributed by atoms with E-state index in [2.05, 4.69) is 4.74 Å².